The van der Waals surface area contributed by atoms with Crippen LogP contribution < -0.4 is 0 Å². The van der Waals surface area contributed by atoms with Gasteiger partial charge in [-0.05, 0) is 0 Å². The molecule has 0 amide bonds. The Balaban J connectivity index is 2.76. The van der Waals surface area contributed by atoms with Gasteiger partial charge in [-0.1, -0.05) is 0 Å². The molecule has 1 rings (SSSR count). The van der Waals surface area contributed by atoms with Gasteiger partial charge in [-0.25, -0.2) is 0 Å². The summed E-state index contributed by atoms with van der Waals surface area (Å²) in [5.41, 5.74) is 2.62. The molecule has 0 bridgehead atoms. The van der Waals surface area contributed by atoms with Crippen LogP contribution in [0.5, 0.6) is 0 Å². The summed E-state index contributed by atoms with van der Waals surface area (Å²) < 4.78 is 2.02. The van der Waals surface area contributed by atoms with Crippen LogP contribution in [-0.4, -0.2) is 4.61 Å². The van der Waals surface area contributed by atoms with Gasteiger partial charge in [0.2, 0.25) is 0 Å². The Morgan fingerprint density at radius 3 is 2.58 bits per heavy atom. The third-order valence-electron chi connectivity index (χ3n) is 1.66. The molecule has 0 spiro atoms. The van der Waals surface area contributed by atoms with Crippen molar-refractivity contribution in [2.24, 2.45) is 0 Å². The van der Waals surface area contributed by atoms with E-state index in [0.717, 1.165) is 6.42 Å². The monoisotopic (exact) mass is 290 g/mol. The maximum absolute atomic E-state index is 5.73. The zero-order chi connectivity index (χ0) is 8.97. The molecule has 0 aliphatic heterocycles. The van der Waals surface area contributed by atoms with Crippen LogP contribution in [0.2, 0.25) is 0 Å². The van der Waals surface area contributed by atoms with Crippen LogP contribution >= 0.6 is 19.4 Å². The summed E-state index contributed by atoms with van der Waals surface area (Å²) in [6.45, 7) is 2.10. The van der Waals surface area contributed by atoms with Gasteiger partial charge in [0.05, 0.1) is 0 Å². The van der Waals surface area contributed by atoms with Gasteiger partial charge in [0.15, 0.2) is 0 Å². The van der Waals surface area contributed by atoms with Gasteiger partial charge in [-0.3, -0.25) is 0 Å². The predicted octanol–water partition coefficient (Wildman–Crippen LogP) is 3.27. The molecule has 0 aliphatic carbocycles. The van der Waals surface area contributed by atoms with Crippen molar-refractivity contribution in [1.82, 2.24) is 0 Å². The topological polar surface area (TPSA) is 0 Å². The van der Waals surface area contributed by atoms with Crippen LogP contribution in [0.15, 0.2) is 24.3 Å². The average molecular weight is 290 g/mol. The van der Waals surface area contributed by atoms with Gasteiger partial charge in [-0.2, -0.15) is 0 Å². The predicted molar refractivity (Wildman–Crippen MR) is 52.7 cm³/mol. The Hall–Kier alpha value is 0.293. The van der Waals surface area contributed by atoms with Gasteiger partial charge in [-0.15, -0.1) is 0 Å². The first-order chi connectivity index (χ1) is 5.70. The SMILES string of the molecule is Cc1ccccc1C[CH]=[Ru]([Cl])[Cl]. The first-order valence-corrected chi connectivity index (χ1v) is 9.04. The maximum atomic E-state index is 5.73. The standard InChI is InChI=1S/C9H10.2ClH.Ru/c1-3-9-7-5-4-6-8(9)2;;;/h1,4-7H,3H2,2H3;2*1H;/q;;;+2/p-2. The van der Waals surface area contributed by atoms with E-state index in [-0.39, 0.29) is 0 Å². The van der Waals surface area contributed by atoms with Crippen molar-refractivity contribution in [3.8, 4) is 0 Å². The van der Waals surface area contributed by atoms with E-state index in [2.05, 4.69) is 19.1 Å². The Morgan fingerprint density at radius 1 is 1.33 bits per heavy atom. The van der Waals surface area contributed by atoms with Gasteiger partial charge < -0.3 is 0 Å². The molecule has 3 heteroatoms. The second-order valence-corrected chi connectivity index (χ2v) is 8.41. The molecular formula is C9H10Cl2Ru. The molecule has 0 fully saturated rings. The van der Waals surface area contributed by atoms with Crippen molar-refractivity contribution in [3.05, 3.63) is 35.4 Å². The number of hydrogen-bond acceptors (Lipinski definition) is 0. The first kappa shape index (κ1) is 10.4. The Labute approximate surface area is 86.0 Å². The summed E-state index contributed by atoms with van der Waals surface area (Å²) in [5.74, 6) is 0. The Kier molecular flexibility index (Phi) is 4.42. The van der Waals surface area contributed by atoms with Crippen LogP contribution in [0, 0.1) is 6.92 Å². The van der Waals surface area contributed by atoms with Crippen molar-refractivity contribution in [1.29, 1.82) is 0 Å². The molecule has 1 aromatic rings. The van der Waals surface area contributed by atoms with Crippen LogP contribution in [0.1, 0.15) is 11.1 Å². The van der Waals surface area contributed by atoms with Gasteiger partial charge >= 0.3 is 86.2 Å². The number of aryl methyl sites for hydroxylation is 1. The van der Waals surface area contributed by atoms with Crippen molar-refractivity contribution < 1.29 is 13.5 Å². The molecule has 0 radical (unpaired) electrons. The fourth-order valence-corrected chi connectivity index (χ4v) is 2.27. The van der Waals surface area contributed by atoms with E-state index in [9.17, 15) is 0 Å². The molecule has 1 aromatic carbocycles. The van der Waals surface area contributed by atoms with Crippen molar-refractivity contribution in [2.75, 3.05) is 0 Å². The van der Waals surface area contributed by atoms with Gasteiger partial charge in [0.1, 0.15) is 0 Å². The van der Waals surface area contributed by atoms with Crippen molar-refractivity contribution >= 4 is 24.0 Å². The number of benzene rings is 1. The summed E-state index contributed by atoms with van der Waals surface area (Å²) in [6.07, 6.45) is 0.901. The molecule has 0 unspecified atom stereocenters. The molecule has 0 saturated heterocycles. The molecular weight excluding hydrogens is 280 g/mol. The van der Waals surface area contributed by atoms with Gasteiger partial charge in [0, 0.05) is 0 Å². The summed E-state index contributed by atoms with van der Waals surface area (Å²) in [4.78, 5) is 0. The molecule has 0 nitrogen and oxygen atoms in total. The average Bonchev–Trinajstić information content (AvgIpc) is 2.03. The van der Waals surface area contributed by atoms with Crippen LogP contribution in [0.25, 0.3) is 0 Å². The zero-order valence-corrected chi connectivity index (χ0v) is 9.95. The van der Waals surface area contributed by atoms with Gasteiger partial charge in [0.25, 0.3) is 0 Å². The second-order valence-electron chi connectivity index (χ2n) is 2.48. The summed E-state index contributed by atoms with van der Waals surface area (Å²) in [6, 6.07) is 8.28. The van der Waals surface area contributed by atoms with Crippen molar-refractivity contribution in [2.45, 2.75) is 13.3 Å². The van der Waals surface area contributed by atoms with E-state index in [0.29, 0.717) is 0 Å². The third kappa shape index (κ3) is 3.35. The van der Waals surface area contributed by atoms with E-state index in [1.54, 1.807) is 0 Å². The summed E-state index contributed by atoms with van der Waals surface area (Å²) >= 11 is -1.58. The minimum absolute atomic E-state index is 0.901. The molecule has 68 valence electrons. The molecule has 0 aliphatic rings. The third-order valence-corrected chi connectivity index (χ3v) is 3.84. The first-order valence-electron chi connectivity index (χ1n) is 3.56. The summed E-state index contributed by atoms with van der Waals surface area (Å²) in [7, 11) is 11.5. The van der Waals surface area contributed by atoms with Crippen LogP contribution in [0.4, 0.5) is 0 Å². The molecule has 0 saturated carbocycles. The number of hydrogen-bond donors (Lipinski definition) is 0. The van der Waals surface area contributed by atoms with E-state index in [1.165, 1.54) is 11.1 Å². The molecule has 0 heterocycles. The van der Waals surface area contributed by atoms with Crippen LogP contribution in [0.3, 0.4) is 0 Å². The number of halogens is 2. The Morgan fingerprint density at radius 2 is 2.00 bits per heavy atom. The van der Waals surface area contributed by atoms with Crippen molar-refractivity contribution in [3.63, 3.8) is 0 Å². The van der Waals surface area contributed by atoms with E-state index >= 15 is 0 Å². The van der Waals surface area contributed by atoms with E-state index < -0.39 is 13.5 Å². The molecule has 0 N–H and O–H groups in total. The Bertz CT molecular complexity index is 290. The molecule has 0 atom stereocenters. The molecule has 0 aromatic heterocycles. The second kappa shape index (κ2) is 5.12. The normalized spacial score (nSPS) is 11.1. The van der Waals surface area contributed by atoms with E-state index in [1.807, 2.05) is 16.7 Å². The summed E-state index contributed by atoms with van der Waals surface area (Å²) in [5, 5.41) is 0. The minimum atomic E-state index is -1.58. The quantitative estimate of drug-likeness (QED) is 0.733. The zero-order valence-electron chi connectivity index (χ0n) is 6.70. The fraction of sp³-hybridized carbons (Fsp3) is 0.222. The number of rotatable bonds is 2. The van der Waals surface area contributed by atoms with E-state index in [4.69, 9.17) is 19.4 Å². The van der Waals surface area contributed by atoms with Crippen LogP contribution in [-0.2, 0) is 19.9 Å². The fourth-order valence-electron chi connectivity index (χ4n) is 0.971. The molecule has 12 heavy (non-hydrogen) atoms.